The second kappa shape index (κ2) is 9.88. The average molecular weight is 509 g/mol. The van der Waals surface area contributed by atoms with Gasteiger partial charge in [-0.25, -0.2) is 9.97 Å². The van der Waals surface area contributed by atoms with Crippen LogP contribution in [-0.2, 0) is 0 Å². The second-order valence-corrected chi connectivity index (χ2v) is 10.9. The van der Waals surface area contributed by atoms with Crippen molar-refractivity contribution in [1.82, 2.24) is 9.97 Å². The number of phenols is 2. The number of thioether (sulfide) groups is 2. The summed E-state index contributed by atoms with van der Waals surface area (Å²) >= 11 is 3.68. The zero-order chi connectivity index (χ0) is 24.5. The van der Waals surface area contributed by atoms with Crippen molar-refractivity contribution >= 4 is 67.1 Å². The minimum Gasteiger partial charge on any atom is -0.506 e. The molecular weight excluding hydrogens is 484 g/mol. The van der Waals surface area contributed by atoms with E-state index in [1.807, 2.05) is 84.2 Å². The normalized spacial score (nSPS) is 11.7. The van der Waals surface area contributed by atoms with Gasteiger partial charge < -0.3 is 10.2 Å². The van der Waals surface area contributed by atoms with Crippen LogP contribution in [0.1, 0.15) is 12.8 Å². The van der Waals surface area contributed by atoms with E-state index in [0.29, 0.717) is 11.0 Å². The number of aromatic nitrogens is 2. The lowest BCUT2D eigenvalue weighted by molar-refractivity contribution is 0.480. The van der Waals surface area contributed by atoms with Gasteiger partial charge in [0.25, 0.3) is 0 Å². The number of para-hydroxylation sites is 4. The topological polar surface area (TPSA) is 66.2 Å². The Bertz CT molecular complexity index is 1610. The van der Waals surface area contributed by atoms with Gasteiger partial charge in [0.1, 0.15) is 22.5 Å². The second-order valence-electron chi connectivity index (χ2n) is 8.67. The van der Waals surface area contributed by atoms with Gasteiger partial charge >= 0.3 is 0 Å². The molecule has 6 aromatic rings. The van der Waals surface area contributed by atoms with E-state index in [9.17, 15) is 10.2 Å². The predicted molar refractivity (Wildman–Crippen MR) is 153 cm³/mol. The summed E-state index contributed by atoms with van der Waals surface area (Å²) in [5.74, 6) is 2.41. The highest BCUT2D eigenvalue weighted by atomic mass is 32.2. The molecule has 4 aromatic carbocycles. The van der Waals surface area contributed by atoms with Gasteiger partial charge in [0, 0.05) is 31.3 Å². The van der Waals surface area contributed by atoms with Crippen LogP contribution in [0.4, 0.5) is 0 Å². The van der Waals surface area contributed by atoms with Gasteiger partial charge in [-0.1, -0.05) is 60.7 Å². The van der Waals surface area contributed by atoms with E-state index in [4.69, 9.17) is 9.97 Å². The summed E-state index contributed by atoms with van der Waals surface area (Å²) in [5, 5.41) is 25.0. The Morgan fingerprint density at radius 1 is 0.500 bits per heavy atom. The Hall–Kier alpha value is -3.48. The number of rotatable bonds is 7. The molecule has 0 fully saturated rings. The number of hydrogen-bond donors (Lipinski definition) is 2. The predicted octanol–water partition coefficient (Wildman–Crippen LogP) is 8.17. The average Bonchev–Trinajstić information content (AvgIpc) is 2.90. The smallest absolute Gasteiger partial charge is 0.141 e. The Balaban J connectivity index is 1.19. The first-order valence-corrected chi connectivity index (χ1v) is 13.9. The summed E-state index contributed by atoms with van der Waals surface area (Å²) in [6.07, 6.45) is 2.14. The summed E-state index contributed by atoms with van der Waals surface area (Å²) in [4.78, 5) is 11.8. The van der Waals surface area contributed by atoms with E-state index in [-0.39, 0.29) is 11.5 Å². The first-order chi connectivity index (χ1) is 17.7. The van der Waals surface area contributed by atoms with Crippen molar-refractivity contribution in [3.8, 4) is 11.5 Å². The molecule has 6 heteroatoms. The van der Waals surface area contributed by atoms with Crippen molar-refractivity contribution < 1.29 is 10.2 Å². The highest BCUT2D eigenvalue weighted by Gasteiger charge is 2.13. The molecule has 6 rings (SSSR count). The Labute approximate surface area is 217 Å². The number of phenolic OH excluding ortho intramolecular Hbond substituents is 2. The molecule has 0 saturated heterocycles. The third kappa shape index (κ3) is 4.21. The number of benzene rings is 4. The number of hydrogen-bond acceptors (Lipinski definition) is 6. The monoisotopic (exact) mass is 508 g/mol. The maximum Gasteiger partial charge on any atom is 0.141 e. The van der Waals surface area contributed by atoms with Crippen molar-refractivity contribution in [1.29, 1.82) is 0 Å². The Morgan fingerprint density at radius 3 is 1.39 bits per heavy atom. The lowest BCUT2D eigenvalue weighted by Crippen LogP contribution is -1.91. The summed E-state index contributed by atoms with van der Waals surface area (Å²) in [7, 11) is 0. The van der Waals surface area contributed by atoms with E-state index in [2.05, 4.69) is 12.1 Å². The summed E-state index contributed by atoms with van der Waals surface area (Å²) in [5.41, 5.74) is 3.14. The zero-order valence-corrected chi connectivity index (χ0v) is 21.1. The van der Waals surface area contributed by atoms with Gasteiger partial charge in [0.05, 0.1) is 11.0 Å². The van der Waals surface area contributed by atoms with E-state index < -0.39 is 0 Å². The number of fused-ring (bicyclic) bond motifs is 4. The zero-order valence-electron chi connectivity index (χ0n) is 19.5. The molecule has 0 unspecified atom stereocenters. The first-order valence-electron chi connectivity index (χ1n) is 12.0. The fourth-order valence-electron chi connectivity index (χ4n) is 4.59. The number of pyridine rings is 2. The summed E-state index contributed by atoms with van der Waals surface area (Å²) < 4.78 is 0. The van der Waals surface area contributed by atoms with Gasteiger partial charge in [-0.05, 0) is 48.6 Å². The number of aromatic hydroxyl groups is 2. The van der Waals surface area contributed by atoms with Crippen LogP contribution < -0.4 is 0 Å². The molecule has 0 radical (unpaired) electrons. The summed E-state index contributed by atoms with van der Waals surface area (Å²) in [6.45, 7) is 0. The van der Waals surface area contributed by atoms with E-state index in [1.54, 1.807) is 12.1 Å². The van der Waals surface area contributed by atoms with Crippen molar-refractivity contribution in [3.05, 3.63) is 84.9 Å². The molecule has 178 valence electrons. The van der Waals surface area contributed by atoms with E-state index in [0.717, 1.165) is 56.9 Å². The van der Waals surface area contributed by atoms with Crippen LogP contribution >= 0.6 is 23.5 Å². The van der Waals surface area contributed by atoms with Crippen molar-refractivity contribution in [2.75, 3.05) is 11.5 Å². The molecule has 0 saturated carbocycles. The maximum atomic E-state index is 10.4. The van der Waals surface area contributed by atoms with Crippen molar-refractivity contribution in [2.24, 2.45) is 0 Å². The van der Waals surface area contributed by atoms with Gasteiger partial charge in [0.2, 0.25) is 0 Å². The van der Waals surface area contributed by atoms with Gasteiger partial charge in [0.15, 0.2) is 0 Å². The number of unbranched alkanes of at least 4 members (excludes halogenated alkanes) is 1. The van der Waals surface area contributed by atoms with Crippen LogP contribution in [0.5, 0.6) is 11.5 Å². The van der Waals surface area contributed by atoms with Crippen LogP contribution in [0.3, 0.4) is 0 Å². The highest BCUT2D eigenvalue weighted by Crippen LogP contribution is 2.39. The molecule has 0 atom stereocenters. The van der Waals surface area contributed by atoms with Crippen molar-refractivity contribution in [3.63, 3.8) is 0 Å². The van der Waals surface area contributed by atoms with Crippen LogP contribution in [0.15, 0.2) is 94.7 Å². The number of nitrogens with zero attached hydrogens (tertiary/aromatic N) is 2. The highest BCUT2D eigenvalue weighted by molar-refractivity contribution is 8.00. The molecule has 2 heterocycles. The maximum absolute atomic E-state index is 10.4. The fraction of sp³-hybridized carbons (Fsp3) is 0.133. The van der Waals surface area contributed by atoms with Crippen LogP contribution in [0.2, 0.25) is 0 Å². The minimum absolute atomic E-state index is 0.222. The molecule has 0 spiro atoms. The standard InChI is InChI=1S/C30H24N2O2S2/c33-25-15-7-11-21-27(25)31-23-13-3-1-9-19(23)29(21)35-17-5-6-18-36-30-20-10-2-4-14-24(20)32-28-22(30)12-8-16-26(28)34/h1-4,7-16,33-34H,5-6,17-18H2. The summed E-state index contributed by atoms with van der Waals surface area (Å²) in [6, 6.07) is 27.5. The van der Waals surface area contributed by atoms with Crippen molar-refractivity contribution in [2.45, 2.75) is 22.6 Å². The molecule has 2 aromatic heterocycles. The van der Waals surface area contributed by atoms with E-state index >= 15 is 0 Å². The molecule has 0 amide bonds. The molecule has 36 heavy (non-hydrogen) atoms. The van der Waals surface area contributed by atoms with Gasteiger partial charge in [-0.15, -0.1) is 23.5 Å². The molecule has 0 aliphatic carbocycles. The molecule has 4 nitrogen and oxygen atoms in total. The van der Waals surface area contributed by atoms with Crippen LogP contribution in [-0.4, -0.2) is 31.7 Å². The Morgan fingerprint density at radius 2 is 0.917 bits per heavy atom. The third-order valence-corrected chi connectivity index (χ3v) is 8.75. The van der Waals surface area contributed by atoms with Crippen LogP contribution in [0, 0.1) is 0 Å². The lowest BCUT2D eigenvalue weighted by atomic mass is 10.1. The first kappa shape index (κ1) is 23.0. The van der Waals surface area contributed by atoms with Gasteiger partial charge in [-0.2, -0.15) is 0 Å². The van der Waals surface area contributed by atoms with Crippen LogP contribution in [0.25, 0.3) is 43.6 Å². The largest absolute Gasteiger partial charge is 0.506 e. The lowest BCUT2D eigenvalue weighted by Gasteiger charge is -2.12. The molecule has 0 bridgehead atoms. The van der Waals surface area contributed by atoms with Gasteiger partial charge in [-0.3, -0.25) is 0 Å². The molecule has 2 N–H and O–H groups in total. The molecule has 0 aliphatic heterocycles. The Kier molecular flexibility index (Phi) is 6.30. The molecule has 0 aliphatic rings. The third-order valence-electron chi connectivity index (χ3n) is 6.31. The SMILES string of the molecule is Oc1cccc2c(SCCCCSc3c4ccccc4nc4c(O)cccc34)c3ccccc3nc12. The quantitative estimate of drug-likeness (QED) is 0.129. The fourth-order valence-corrected chi connectivity index (χ4v) is 6.99. The molecular formula is C30H24N2O2S2. The van der Waals surface area contributed by atoms with E-state index in [1.165, 1.54) is 9.79 Å². The minimum atomic E-state index is 0.222.